The standard InChI is InChI=1S/C40H26N2/c1-3-7-32-23-34(15-11-27(32)5-1)35-17-18-39-38(25-35)37(31-13-9-29(10-14-31)30-19-21-41-22-20-30)26-40(42-39)36-16-12-28-6-2-4-8-33(28)24-36/h1-26H. The molecule has 2 heterocycles. The van der Waals surface area contributed by atoms with E-state index >= 15 is 0 Å². The maximum atomic E-state index is 5.18. The zero-order chi connectivity index (χ0) is 27.9. The molecule has 2 heteroatoms. The van der Waals surface area contributed by atoms with Crippen LogP contribution in [0.2, 0.25) is 0 Å². The normalized spacial score (nSPS) is 11.3. The molecule has 8 aromatic rings. The molecule has 196 valence electrons. The first-order valence-corrected chi connectivity index (χ1v) is 14.2. The van der Waals surface area contributed by atoms with Crippen LogP contribution in [-0.2, 0) is 0 Å². The molecular formula is C40H26N2. The predicted octanol–water partition coefficient (Wildman–Crippen LogP) is 10.6. The third-order valence-electron chi connectivity index (χ3n) is 8.15. The number of pyridine rings is 2. The Morgan fingerprint density at radius 3 is 1.60 bits per heavy atom. The van der Waals surface area contributed by atoms with Crippen LogP contribution in [0, 0.1) is 0 Å². The van der Waals surface area contributed by atoms with Gasteiger partial charge in [0, 0.05) is 23.3 Å². The average Bonchev–Trinajstić information content (AvgIpc) is 3.07. The van der Waals surface area contributed by atoms with Crippen molar-refractivity contribution in [3.8, 4) is 44.6 Å². The lowest BCUT2D eigenvalue weighted by Gasteiger charge is -2.13. The number of aromatic nitrogens is 2. The highest BCUT2D eigenvalue weighted by molar-refractivity contribution is 6.00. The molecule has 42 heavy (non-hydrogen) atoms. The van der Waals surface area contributed by atoms with Gasteiger partial charge >= 0.3 is 0 Å². The van der Waals surface area contributed by atoms with Gasteiger partial charge in [0.25, 0.3) is 0 Å². The summed E-state index contributed by atoms with van der Waals surface area (Å²) in [5.74, 6) is 0. The van der Waals surface area contributed by atoms with Gasteiger partial charge in [-0.25, -0.2) is 4.98 Å². The quantitative estimate of drug-likeness (QED) is 0.224. The molecule has 0 aliphatic heterocycles. The fraction of sp³-hybridized carbons (Fsp3) is 0. The molecule has 0 aliphatic rings. The van der Waals surface area contributed by atoms with Crippen molar-refractivity contribution in [1.29, 1.82) is 0 Å². The van der Waals surface area contributed by atoms with E-state index in [0.717, 1.165) is 33.3 Å². The molecule has 6 aromatic carbocycles. The first-order chi connectivity index (χ1) is 20.8. The Morgan fingerprint density at radius 1 is 0.357 bits per heavy atom. The van der Waals surface area contributed by atoms with Crippen LogP contribution >= 0.6 is 0 Å². The van der Waals surface area contributed by atoms with E-state index in [2.05, 4.69) is 138 Å². The van der Waals surface area contributed by atoms with Crippen molar-refractivity contribution in [3.05, 3.63) is 158 Å². The highest BCUT2D eigenvalue weighted by Gasteiger charge is 2.13. The van der Waals surface area contributed by atoms with Gasteiger partial charge in [0.05, 0.1) is 11.2 Å². The number of hydrogen-bond acceptors (Lipinski definition) is 2. The van der Waals surface area contributed by atoms with Crippen LogP contribution in [0.25, 0.3) is 77.1 Å². The van der Waals surface area contributed by atoms with Crippen molar-refractivity contribution >= 4 is 32.4 Å². The fourth-order valence-corrected chi connectivity index (χ4v) is 5.90. The number of rotatable bonds is 4. The van der Waals surface area contributed by atoms with Crippen molar-refractivity contribution in [3.63, 3.8) is 0 Å². The van der Waals surface area contributed by atoms with Crippen molar-refractivity contribution in [1.82, 2.24) is 9.97 Å². The Bertz CT molecular complexity index is 2230. The van der Waals surface area contributed by atoms with E-state index < -0.39 is 0 Å². The summed E-state index contributed by atoms with van der Waals surface area (Å²) in [4.78, 5) is 9.35. The van der Waals surface area contributed by atoms with E-state index in [1.807, 2.05) is 24.5 Å². The third kappa shape index (κ3) is 4.40. The Hall–Kier alpha value is -5.60. The van der Waals surface area contributed by atoms with Crippen molar-refractivity contribution in [2.45, 2.75) is 0 Å². The van der Waals surface area contributed by atoms with Crippen LogP contribution < -0.4 is 0 Å². The largest absolute Gasteiger partial charge is 0.265 e. The van der Waals surface area contributed by atoms with Crippen LogP contribution in [0.1, 0.15) is 0 Å². The Kier molecular flexibility index (Phi) is 5.82. The summed E-state index contributed by atoms with van der Waals surface area (Å²) >= 11 is 0. The summed E-state index contributed by atoms with van der Waals surface area (Å²) in [5, 5.41) is 6.08. The van der Waals surface area contributed by atoms with Crippen molar-refractivity contribution < 1.29 is 0 Å². The first-order valence-electron chi connectivity index (χ1n) is 14.2. The second-order valence-corrected chi connectivity index (χ2v) is 10.7. The molecule has 0 bridgehead atoms. The number of hydrogen-bond donors (Lipinski definition) is 0. The van der Waals surface area contributed by atoms with Crippen LogP contribution in [0.5, 0.6) is 0 Å². The number of benzene rings is 6. The summed E-state index contributed by atoms with van der Waals surface area (Å²) in [7, 11) is 0. The van der Waals surface area contributed by atoms with E-state index in [1.165, 1.54) is 43.8 Å². The van der Waals surface area contributed by atoms with Gasteiger partial charge in [-0.2, -0.15) is 0 Å². The second kappa shape index (κ2) is 10.1. The highest BCUT2D eigenvalue weighted by Crippen LogP contribution is 2.36. The van der Waals surface area contributed by atoms with Crippen LogP contribution in [0.15, 0.2) is 158 Å². The average molecular weight is 535 g/mol. The Labute approximate surface area is 244 Å². The molecule has 0 amide bonds. The molecule has 2 aromatic heterocycles. The molecule has 2 nitrogen and oxygen atoms in total. The van der Waals surface area contributed by atoms with E-state index in [0.29, 0.717) is 0 Å². The van der Waals surface area contributed by atoms with Gasteiger partial charge in [-0.3, -0.25) is 4.98 Å². The molecule has 0 spiro atoms. The monoisotopic (exact) mass is 534 g/mol. The number of nitrogens with zero attached hydrogens (tertiary/aromatic N) is 2. The second-order valence-electron chi connectivity index (χ2n) is 10.7. The molecule has 0 saturated carbocycles. The summed E-state index contributed by atoms with van der Waals surface area (Å²) in [6.45, 7) is 0. The fourth-order valence-electron chi connectivity index (χ4n) is 5.90. The van der Waals surface area contributed by atoms with Crippen molar-refractivity contribution in [2.75, 3.05) is 0 Å². The smallest absolute Gasteiger partial charge is 0.0716 e. The zero-order valence-electron chi connectivity index (χ0n) is 22.9. The maximum absolute atomic E-state index is 5.18. The predicted molar refractivity (Wildman–Crippen MR) is 176 cm³/mol. The lowest BCUT2D eigenvalue weighted by atomic mass is 9.93. The van der Waals surface area contributed by atoms with Gasteiger partial charge in [-0.05, 0) is 97.4 Å². The van der Waals surface area contributed by atoms with E-state index in [-0.39, 0.29) is 0 Å². The topological polar surface area (TPSA) is 25.8 Å². The van der Waals surface area contributed by atoms with E-state index in [1.54, 1.807) is 0 Å². The van der Waals surface area contributed by atoms with Gasteiger partial charge in [0.2, 0.25) is 0 Å². The minimum absolute atomic E-state index is 0.972. The maximum Gasteiger partial charge on any atom is 0.0716 e. The number of fused-ring (bicyclic) bond motifs is 3. The molecule has 0 atom stereocenters. The minimum atomic E-state index is 0.972. The summed E-state index contributed by atoms with van der Waals surface area (Å²) in [5.41, 5.74) is 10.1. The third-order valence-corrected chi connectivity index (χ3v) is 8.15. The first kappa shape index (κ1) is 24.2. The molecule has 0 radical (unpaired) electrons. The molecule has 0 N–H and O–H groups in total. The van der Waals surface area contributed by atoms with Crippen LogP contribution in [0.3, 0.4) is 0 Å². The van der Waals surface area contributed by atoms with E-state index in [4.69, 9.17) is 4.98 Å². The molecule has 8 rings (SSSR count). The van der Waals surface area contributed by atoms with Crippen LogP contribution in [-0.4, -0.2) is 9.97 Å². The van der Waals surface area contributed by atoms with E-state index in [9.17, 15) is 0 Å². The SMILES string of the molecule is c1ccc2cc(-c3ccc4nc(-c5ccc6ccccc6c5)cc(-c5ccc(-c6ccncc6)cc5)c4c3)ccc2c1. The molecular weight excluding hydrogens is 508 g/mol. The van der Waals surface area contributed by atoms with Crippen LogP contribution in [0.4, 0.5) is 0 Å². The molecule has 0 saturated heterocycles. The Morgan fingerprint density at radius 2 is 0.881 bits per heavy atom. The summed E-state index contributed by atoms with van der Waals surface area (Å²) in [6.07, 6.45) is 3.67. The van der Waals surface area contributed by atoms with Gasteiger partial charge in [-0.1, -0.05) is 103 Å². The lowest BCUT2D eigenvalue weighted by Crippen LogP contribution is -1.91. The lowest BCUT2D eigenvalue weighted by molar-refractivity contribution is 1.33. The minimum Gasteiger partial charge on any atom is -0.265 e. The molecule has 0 fully saturated rings. The van der Waals surface area contributed by atoms with Gasteiger partial charge in [0.1, 0.15) is 0 Å². The van der Waals surface area contributed by atoms with Gasteiger partial charge in [-0.15, -0.1) is 0 Å². The molecule has 0 unspecified atom stereocenters. The molecule has 0 aliphatic carbocycles. The zero-order valence-corrected chi connectivity index (χ0v) is 22.9. The van der Waals surface area contributed by atoms with Crippen molar-refractivity contribution in [2.24, 2.45) is 0 Å². The summed E-state index contributed by atoms with van der Waals surface area (Å²) in [6, 6.07) is 52.1. The summed E-state index contributed by atoms with van der Waals surface area (Å²) < 4.78 is 0. The Balaban J connectivity index is 1.31. The van der Waals surface area contributed by atoms with Gasteiger partial charge < -0.3 is 0 Å². The highest BCUT2D eigenvalue weighted by atomic mass is 14.7. The van der Waals surface area contributed by atoms with Gasteiger partial charge in [0.15, 0.2) is 0 Å².